The Labute approximate surface area is 395 Å². The highest BCUT2D eigenvalue weighted by atomic mass is 32.2. The van der Waals surface area contributed by atoms with Gasteiger partial charge in [0.1, 0.15) is 23.1 Å². The van der Waals surface area contributed by atoms with Gasteiger partial charge in [-0.1, -0.05) is 38.1 Å². The number of aromatic amines is 1. The number of ether oxygens (including phenoxy) is 4. The smallest absolute Gasteiger partial charge is 0.293 e. The molecule has 3 aromatic carbocycles. The number of nitrogens with zero attached hydrogens (tertiary/aromatic N) is 5. The zero-order valence-corrected chi connectivity index (χ0v) is 39.2. The number of aromatic nitrogens is 2. The maximum Gasteiger partial charge on any atom is 0.293 e. The number of carbonyl (C=O) groups excluding carboxylic acids is 1. The molecule has 358 valence electrons. The molecule has 1 saturated carbocycles. The van der Waals surface area contributed by atoms with Crippen molar-refractivity contribution in [2.75, 3.05) is 74.3 Å². The Morgan fingerprint density at radius 2 is 1.81 bits per heavy atom. The van der Waals surface area contributed by atoms with Gasteiger partial charge in [0.05, 0.1) is 66.2 Å². The molecule has 6 aliphatic rings. The molecule has 68 heavy (non-hydrogen) atoms. The second-order valence-electron chi connectivity index (χ2n) is 19.6. The van der Waals surface area contributed by atoms with Crippen molar-refractivity contribution >= 4 is 55.4 Å². The zero-order valence-electron chi connectivity index (χ0n) is 38.4. The van der Waals surface area contributed by atoms with Crippen molar-refractivity contribution in [2.24, 2.45) is 5.41 Å². The molecule has 5 aliphatic heterocycles. The minimum atomic E-state index is -4.61. The number of nitro benzene ring substituents is 1. The third-order valence-corrected chi connectivity index (χ3v) is 16.5. The highest BCUT2D eigenvalue weighted by Crippen LogP contribution is 2.55. The third kappa shape index (κ3) is 8.33. The van der Waals surface area contributed by atoms with Crippen molar-refractivity contribution in [1.82, 2.24) is 19.6 Å². The number of piperidine rings is 1. The zero-order chi connectivity index (χ0) is 46.7. The highest BCUT2D eigenvalue weighted by molar-refractivity contribution is 7.90. The number of pyridine rings is 1. The number of amides is 1. The third-order valence-electron chi connectivity index (χ3n) is 15.2. The Balaban J connectivity index is 0.865. The van der Waals surface area contributed by atoms with E-state index >= 15 is 0 Å². The van der Waals surface area contributed by atoms with Gasteiger partial charge in [-0.05, 0) is 110 Å². The fraction of sp³-hybridized carbons (Fsp3) is 0.480. The molecule has 1 amide bonds. The summed E-state index contributed by atoms with van der Waals surface area (Å²) in [5.74, 6) is -0.0342. The Hall–Kier alpha value is -5.79. The van der Waals surface area contributed by atoms with Crippen LogP contribution in [0.15, 0.2) is 83.9 Å². The Morgan fingerprint density at radius 1 is 0.971 bits per heavy atom. The van der Waals surface area contributed by atoms with Crippen LogP contribution < -0.4 is 24.6 Å². The SMILES string of the molecule is CC(C)c1ccccc1[C@@H]1CCCN1C1CC2(CCN(c3ccc(C(=O)NS(=O)(=O)c4ccc(NC[C@H]5COCCO5)c([N+](=O)[O-])c4)c(N4c5cc6cc[nH]c6nc5O[C@H]5COC[C@@H]54)c3)CC2)C1. The van der Waals surface area contributed by atoms with Gasteiger partial charge in [-0.2, -0.15) is 4.98 Å². The molecule has 1 spiro atoms. The van der Waals surface area contributed by atoms with Crippen molar-refractivity contribution in [3.05, 3.63) is 106 Å². The molecule has 5 fully saturated rings. The standard InChI is InChI=1S/C50H58N8O9S/c1-31(2)37-6-3-4-7-38(37)41-8-5-17-56(41)34-25-50(26-34)14-18-55(19-15-50)33-9-11-39(42(23-33)57-44-22-32-13-16-51-47(32)53-49(44)67-46-30-65-29-45(46)57)48(59)54-68(62,63)36-10-12-40(43(24-36)58(60)61)52-27-35-28-64-20-21-66-35/h3-4,6-7,9-13,16,22-24,31,34-35,41,45-46,52H,5,8,14-15,17-21,25-30H2,1-2H3,(H,51,53)(H,54,59)/t35-,41-,45-,46-/m0/s1. The van der Waals surface area contributed by atoms with E-state index in [1.807, 2.05) is 29.2 Å². The molecule has 0 bridgehead atoms. The van der Waals surface area contributed by atoms with Crippen LogP contribution in [0.25, 0.3) is 11.0 Å². The normalized spacial score (nSPS) is 23.9. The number of benzene rings is 3. The van der Waals surface area contributed by atoms with Crippen LogP contribution in [0.4, 0.5) is 28.4 Å². The van der Waals surface area contributed by atoms with Gasteiger partial charge < -0.3 is 39.0 Å². The summed E-state index contributed by atoms with van der Waals surface area (Å²) in [6.45, 7) is 9.46. The maximum absolute atomic E-state index is 14.6. The van der Waals surface area contributed by atoms with Crippen LogP contribution in [0.2, 0.25) is 0 Å². The molecule has 3 N–H and O–H groups in total. The number of likely N-dealkylation sites (tertiary alicyclic amines) is 1. The first-order valence-corrected chi connectivity index (χ1v) is 25.5. The second kappa shape index (κ2) is 17.9. The first-order valence-electron chi connectivity index (χ1n) is 24.0. The van der Waals surface area contributed by atoms with Gasteiger partial charge in [-0.25, -0.2) is 13.1 Å². The number of anilines is 4. The largest absolute Gasteiger partial charge is 0.468 e. The van der Waals surface area contributed by atoms with E-state index in [9.17, 15) is 23.3 Å². The lowest BCUT2D eigenvalue weighted by atomic mass is 9.59. The molecular formula is C50H58N8O9S. The quantitative estimate of drug-likeness (QED) is 0.0826. The lowest BCUT2D eigenvalue weighted by Gasteiger charge is -2.56. The Bertz CT molecular complexity index is 2830. The summed E-state index contributed by atoms with van der Waals surface area (Å²) in [4.78, 5) is 40.9. The van der Waals surface area contributed by atoms with Crippen molar-refractivity contribution < 1.29 is 37.1 Å². The predicted octanol–water partition coefficient (Wildman–Crippen LogP) is 7.42. The van der Waals surface area contributed by atoms with Crippen molar-refractivity contribution in [1.29, 1.82) is 0 Å². The van der Waals surface area contributed by atoms with Crippen LogP contribution in [0, 0.1) is 15.5 Å². The number of hydrogen-bond acceptors (Lipinski definition) is 14. The number of nitrogens with one attached hydrogen (secondary N) is 3. The van der Waals surface area contributed by atoms with E-state index in [0.717, 1.165) is 49.6 Å². The molecule has 4 atom stereocenters. The fourth-order valence-corrected chi connectivity index (χ4v) is 12.6. The first-order chi connectivity index (χ1) is 32.9. The van der Waals surface area contributed by atoms with Crippen LogP contribution in [0.1, 0.15) is 85.8 Å². The second-order valence-corrected chi connectivity index (χ2v) is 21.3. The Morgan fingerprint density at radius 3 is 2.60 bits per heavy atom. The van der Waals surface area contributed by atoms with E-state index in [1.54, 1.807) is 12.3 Å². The van der Waals surface area contributed by atoms with E-state index in [-0.39, 0.29) is 35.4 Å². The van der Waals surface area contributed by atoms with E-state index < -0.39 is 37.5 Å². The van der Waals surface area contributed by atoms with Gasteiger partial charge in [-0.15, -0.1) is 0 Å². The topological polar surface area (TPSA) is 194 Å². The van der Waals surface area contributed by atoms with Crippen molar-refractivity contribution in [3.63, 3.8) is 0 Å². The maximum atomic E-state index is 14.6. The van der Waals surface area contributed by atoms with Crippen LogP contribution >= 0.6 is 0 Å². The van der Waals surface area contributed by atoms with E-state index in [2.05, 4.69) is 62.9 Å². The van der Waals surface area contributed by atoms with Gasteiger partial charge in [-0.3, -0.25) is 19.8 Å². The van der Waals surface area contributed by atoms with Crippen LogP contribution in [-0.4, -0.2) is 118 Å². The molecular weight excluding hydrogens is 889 g/mol. The summed E-state index contributed by atoms with van der Waals surface area (Å²) in [6.07, 6.45) is 8.00. The van der Waals surface area contributed by atoms with E-state index in [4.69, 9.17) is 23.9 Å². The van der Waals surface area contributed by atoms with Crippen molar-refractivity contribution in [2.45, 2.75) is 93.5 Å². The number of nitro groups is 1. The van der Waals surface area contributed by atoms with Crippen LogP contribution in [-0.2, 0) is 24.2 Å². The summed E-state index contributed by atoms with van der Waals surface area (Å²) in [6, 6.07) is 22.6. The van der Waals surface area contributed by atoms with Gasteiger partial charge >= 0.3 is 0 Å². The van der Waals surface area contributed by atoms with E-state index in [0.29, 0.717) is 73.9 Å². The minimum Gasteiger partial charge on any atom is -0.468 e. The van der Waals surface area contributed by atoms with Crippen molar-refractivity contribution in [3.8, 4) is 5.88 Å². The molecule has 0 radical (unpaired) electrons. The molecule has 18 heteroatoms. The molecule has 5 aromatic rings. The number of rotatable bonds is 12. The minimum absolute atomic E-state index is 0.0991. The Kier molecular flexibility index (Phi) is 11.8. The van der Waals surface area contributed by atoms with Gasteiger partial charge in [0.15, 0.2) is 0 Å². The molecule has 11 rings (SSSR count). The predicted molar refractivity (Wildman–Crippen MR) is 257 cm³/mol. The summed E-state index contributed by atoms with van der Waals surface area (Å²) < 4.78 is 53.8. The summed E-state index contributed by atoms with van der Waals surface area (Å²) >= 11 is 0. The average molecular weight is 947 g/mol. The molecule has 17 nitrogen and oxygen atoms in total. The molecule has 2 aromatic heterocycles. The number of sulfonamides is 1. The lowest BCUT2D eigenvalue weighted by molar-refractivity contribution is -0.384. The van der Waals surface area contributed by atoms with Crippen LogP contribution in [0.3, 0.4) is 0 Å². The lowest BCUT2D eigenvalue weighted by Crippen LogP contribution is -2.55. The van der Waals surface area contributed by atoms with Gasteiger partial charge in [0.25, 0.3) is 21.6 Å². The fourth-order valence-electron chi connectivity index (χ4n) is 11.6. The number of carbonyl (C=O) groups is 1. The molecule has 7 heterocycles. The average Bonchev–Trinajstić information content (AvgIpc) is 4.13. The summed E-state index contributed by atoms with van der Waals surface area (Å²) in [5.41, 5.74) is 5.65. The van der Waals surface area contributed by atoms with Gasteiger partial charge in [0, 0.05) is 55.1 Å². The first kappa shape index (κ1) is 44.7. The number of hydrogen-bond donors (Lipinski definition) is 3. The van der Waals surface area contributed by atoms with Gasteiger partial charge in [0.2, 0.25) is 5.88 Å². The molecule has 1 aliphatic carbocycles. The monoisotopic (exact) mass is 946 g/mol. The summed E-state index contributed by atoms with van der Waals surface area (Å²) in [5, 5.41) is 16.1. The molecule has 0 unspecified atom stereocenters. The molecule has 4 saturated heterocycles. The number of fused-ring (bicyclic) bond motifs is 3. The van der Waals surface area contributed by atoms with E-state index in [1.165, 1.54) is 48.9 Å². The number of H-pyrrole nitrogens is 1. The highest BCUT2D eigenvalue weighted by Gasteiger charge is 2.50. The summed E-state index contributed by atoms with van der Waals surface area (Å²) in [7, 11) is -4.61. The van der Waals surface area contributed by atoms with Crippen LogP contribution in [0.5, 0.6) is 5.88 Å².